The Balaban J connectivity index is 0.00000529. The molecule has 0 saturated carbocycles. The van der Waals surface area contributed by atoms with Gasteiger partial charge in [-0.3, -0.25) is 4.99 Å². The molecule has 0 unspecified atom stereocenters. The number of nitrogens with zero attached hydrogens (tertiary/aromatic N) is 2. The van der Waals surface area contributed by atoms with Crippen molar-refractivity contribution in [2.45, 2.75) is 13.0 Å². The molecule has 0 atom stereocenters. The second-order valence-electron chi connectivity index (χ2n) is 5.20. The number of hydrogen-bond donors (Lipinski definition) is 2. The zero-order valence-electron chi connectivity index (χ0n) is 14.6. The number of rotatable bonds is 8. The zero-order valence-corrected chi connectivity index (χ0v) is 17.7. The highest BCUT2D eigenvalue weighted by atomic mass is 127. The summed E-state index contributed by atoms with van der Waals surface area (Å²) in [5.74, 6) is 1.59. The van der Waals surface area contributed by atoms with E-state index < -0.39 is 10.0 Å². The van der Waals surface area contributed by atoms with Crippen LogP contribution < -0.4 is 14.8 Å². The van der Waals surface area contributed by atoms with Gasteiger partial charge in [0.2, 0.25) is 10.0 Å². The molecule has 0 aliphatic heterocycles. The van der Waals surface area contributed by atoms with Gasteiger partial charge in [0.05, 0.1) is 13.4 Å². The van der Waals surface area contributed by atoms with Gasteiger partial charge in [-0.05, 0) is 24.1 Å². The Labute approximate surface area is 161 Å². The molecule has 0 aliphatic carbocycles. The topological polar surface area (TPSA) is 83.0 Å². The van der Waals surface area contributed by atoms with Crippen molar-refractivity contribution >= 4 is 40.0 Å². The number of aliphatic imine (C=N–C) groups is 1. The van der Waals surface area contributed by atoms with Crippen molar-refractivity contribution < 1.29 is 13.2 Å². The first-order valence-corrected chi connectivity index (χ1v) is 9.24. The average Bonchev–Trinajstić information content (AvgIpc) is 2.50. The van der Waals surface area contributed by atoms with E-state index >= 15 is 0 Å². The van der Waals surface area contributed by atoms with Crippen LogP contribution in [0.4, 0.5) is 0 Å². The van der Waals surface area contributed by atoms with Gasteiger partial charge < -0.3 is 15.0 Å². The van der Waals surface area contributed by atoms with E-state index in [2.05, 4.69) is 15.0 Å². The Morgan fingerprint density at radius 3 is 2.38 bits per heavy atom. The molecule has 2 N–H and O–H groups in total. The Kier molecular flexibility index (Phi) is 11.0. The molecule has 0 aliphatic rings. The minimum Gasteiger partial charge on any atom is -0.497 e. The fraction of sp³-hybridized carbons (Fsp3) is 0.533. The summed E-state index contributed by atoms with van der Waals surface area (Å²) in [5, 5.41) is 3.21. The summed E-state index contributed by atoms with van der Waals surface area (Å²) in [7, 11) is 2.20. The van der Waals surface area contributed by atoms with Gasteiger partial charge in [0.25, 0.3) is 0 Å². The fourth-order valence-electron chi connectivity index (χ4n) is 2.01. The SMILES string of the molecule is CN=C(NCCCNS(C)(=O)=O)N(C)Cc1ccc(OC)cc1.I. The number of sulfonamides is 1. The molecule has 0 radical (unpaired) electrons. The Bertz CT molecular complexity index is 606. The maximum Gasteiger partial charge on any atom is 0.208 e. The van der Waals surface area contributed by atoms with E-state index in [1.807, 2.05) is 36.2 Å². The molecule has 0 spiro atoms. The van der Waals surface area contributed by atoms with Gasteiger partial charge in [0.1, 0.15) is 5.75 Å². The molecule has 0 amide bonds. The van der Waals surface area contributed by atoms with E-state index in [0.717, 1.165) is 23.5 Å². The van der Waals surface area contributed by atoms with Crippen molar-refractivity contribution in [2.24, 2.45) is 4.99 Å². The molecule has 1 aromatic rings. The molecule has 7 nitrogen and oxygen atoms in total. The van der Waals surface area contributed by atoms with E-state index in [0.29, 0.717) is 26.1 Å². The van der Waals surface area contributed by atoms with Crippen LogP contribution >= 0.6 is 24.0 Å². The lowest BCUT2D eigenvalue weighted by atomic mass is 10.2. The third-order valence-corrected chi connectivity index (χ3v) is 3.88. The lowest BCUT2D eigenvalue weighted by Crippen LogP contribution is -2.39. The van der Waals surface area contributed by atoms with Crippen LogP contribution in [0.25, 0.3) is 0 Å². The minimum absolute atomic E-state index is 0. The van der Waals surface area contributed by atoms with Gasteiger partial charge in [0, 0.05) is 33.7 Å². The van der Waals surface area contributed by atoms with Gasteiger partial charge >= 0.3 is 0 Å². The quantitative estimate of drug-likeness (QED) is 0.259. The van der Waals surface area contributed by atoms with Crippen LogP contribution in [0.2, 0.25) is 0 Å². The summed E-state index contributed by atoms with van der Waals surface area (Å²) in [6.07, 6.45) is 1.84. The van der Waals surface area contributed by atoms with E-state index in [-0.39, 0.29) is 24.0 Å². The lowest BCUT2D eigenvalue weighted by molar-refractivity contribution is 0.414. The Morgan fingerprint density at radius 1 is 1.25 bits per heavy atom. The highest BCUT2D eigenvalue weighted by molar-refractivity contribution is 14.0. The van der Waals surface area contributed by atoms with E-state index in [4.69, 9.17) is 4.74 Å². The number of nitrogens with one attached hydrogen (secondary N) is 2. The standard InChI is InChI=1S/C15H26N4O3S.HI/c1-16-15(17-10-5-11-18-23(4,20)21)19(2)12-13-6-8-14(22-3)9-7-13;/h6-9,18H,5,10-12H2,1-4H3,(H,16,17);1H. The zero-order chi connectivity index (χ0) is 17.3. The van der Waals surface area contributed by atoms with E-state index in [1.165, 1.54) is 0 Å². The predicted molar refractivity (Wildman–Crippen MR) is 109 cm³/mol. The van der Waals surface area contributed by atoms with Crippen LogP contribution in [0.1, 0.15) is 12.0 Å². The normalized spacial score (nSPS) is 11.6. The Hall–Kier alpha value is -1.07. The highest BCUT2D eigenvalue weighted by Gasteiger charge is 2.06. The third-order valence-electron chi connectivity index (χ3n) is 3.15. The maximum absolute atomic E-state index is 11.0. The maximum atomic E-state index is 11.0. The first kappa shape index (κ1) is 22.9. The molecule has 0 aromatic heterocycles. The van der Waals surface area contributed by atoms with Crippen LogP contribution in [0.5, 0.6) is 5.75 Å². The molecule has 1 rings (SSSR count). The van der Waals surface area contributed by atoms with Gasteiger partial charge in [0.15, 0.2) is 5.96 Å². The summed E-state index contributed by atoms with van der Waals surface area (Å²) in [6, 6.07) is 7.88. The number of guanidine groups is 1. The average molecular weight is 470 g/mol. The third kappa shape index (κ3) is 9.28. The number of methoxy groups -OCH3 is 1. The first-order chi connectivity index (χ1) is 10.9. The highest BCUT2D eigenvalue weighted by Crippen LogP contribution is 2.12. The molecular weight excluding hydrogens is 443 g/mol. The number of halogens is 1. The second kappa shape index (κ2) is 11.5. The van der Waals surface area contributed by atoms with Crippen LogP contribution in [0.15, 0.2) is 29.3 Å². The molecule has 9 heteroatoms. The molecule has 0 bridgehead atoms. The lowest BCUT2D eigenvalue weighted by Gasteiger charge is -2.22. The molecule has 24 heavy (non-hydrogen) atoms. The summed E-state index contributed by atoms with van der Waals surface area (Å²) >= 11 is 0. The van der Waals surface area contributed by atoms with Crippen molar-refractivity contribution in [2.75, 3.05) is 40.6 Å². The molecule has 138 valence electrons. The van der Waals surface area contributed by atoms with Crippen LogP contribution in [-0.4, -0.2) is 59.8 Å². The van der Waals surface area contributed by atoms with Crippen molar-refractivity contribution in [3.8, 4) is 5.75 Å². The predicted octanol–water partition coefficient (Wildman–Crippen LogP) is 1.26. The molecule has 0 saturated heterocycles. The van der Waals surface area contributed by atoms with Crippen molar-refractivity contribution in [1.82, 2.24) is 14.9 Å². The van der Waals surface area contributed by atoms with Crippen LogP contribution in [0, 0.1) is 0 Å². The second-order valence-corrected chi connectivity index (χ2v) is 7.03. The Morgan fingerprint density at radius 2 is 1.88 bits per heavy atom. The van der Waals surface area contributed by atoms with Gasteiger partial charge in [-0.2, -0.15) is 0 Å². The summed E-state index contributed by atoms with van der Waals surface area (Å²) in [6.45, 7) is 1.76. The number of benzene rings is 1. The van der Waals surface area contributed by atoms with Gasteiger partial charge in [-0.25, -0.2) is 13.1 Å². The number of ether oxygens (including phenoxy) is 1. The summed E-state index contributed by atoms with van der Waals surface area (Å²) in [5.41, 5.74) is 1.15. The minimum atomic E-state index is -3.12. The summed E-state index contributed by atoms with van der Waals surface area (Å²) in [4.78, 5) is 6.24. The number of hydrogen-bond acceptors (Lipinski definition) is 4. The van der Waals surface area contributed by atoms with Crippen molar-refractivity contribution in [1.29, 1.82) is 0 Å². The largest absolute Gasteiger partial charge is 0.497 e. The fourth-order valence-corrected chi connectivity index (χ4v) is 2.53. The van der Waals surface area contributed by atoms with Crippen molar-refractivity contribution in [3.63, 3.8) is 0 Å². The summed E-state index contributed by atoms with van der Waals surface area (Å²) < 4.78 is 29.5. The van der Waals surface area contributed by atoms with E-state index in [1.54, 1.807) is 14.2 Å². The van der Waals surface area contributed by atoms with Crippen molar-refractivity contribution in [3.05, 3.63) is 29.8 Å². The van der Waals surface area contributed by atoms with E-state index in [9.17, 15) is 8.42 Å². The first-order valence-electron chi connectivity index (χ1n) is 7.35. The molecular formula is C15H27IN4O3S. The monoisotopic (exact) mass is 470 g/mol. The smallest absolute Gasteiger partial charge is 0.208 e. The molecule has 0 fully saturated rings. The molecule has 1 aromatic carbocycles. The van der Waals surface area contributed by atoms with Gasteiger partial charge in [-0.15, -0.1) is 24.0 Å². The van der Waals surface area contributed by atoms with Crippen LogP contribution in [-0.2, 0) is 16.6 Å². The van der Waals surface area contributed by atoms with Gasteiger partial charge in [-0.1, -0.05) is 12.1 Å². The molecule has 0 heterocycles. The van der Waals surface area contributed by atoms with Crippen LogP contribution in [0.3, 0.4) is 0 Å².